The molecule has 0 bridgehead atoms. The molecule has 0 aliphatic rings. The summed E-state index contributed by atoms with van der Waals surface area (Å²) < 4.78 is 42.1. The van der Waals surface area contributed by atoms with Crippen LogP contribution in [0.3, 0.4) is 0 Å². The molecule has 102 valence electrons. The second-order valence-electron chi connectivity index (χ2n) is 5.21. The first-order chi connectivity index (χ1) is 8.07. The van der Waals surface area contributed by atoms with Gasteiger partial charge in [-0.2, -0.15) is 13.2 Å². The first kappa shape index (κ1) is 14.8. The Hall–Kier alpha value is -1.23. The Kier molecular flexibility index (Phi) is 4.27. The van der Waals surface area contributed by atoms with E-state index in [1.807, 2.05) is 20.8 Å². The van der Waals surface area contributed by atoms with Gasteiger partial charge in [0.2, 0.25) is 0 Å². The van der Waals surface area contributed by atoms with Gasteiger partial charge in [0.25, 0.3) is 0 Å². The fraction of sp³-hybridized carbons (Fsp3) is 0.538. The summed E-state index contributed by atoms with van der Waals surface area (Å²) in [6.45, 7) is 5.70. The van der Waals surface area contributed by atoms with Gasteiger partial charge in [-0.3, -0.25) is 0 Å². The second kappa shape index (κ2) is 5.18. The molecule has 0 fully saturated rings. The van der Waals surface area contributed by atoms with Gasteiger partial charge in [-0.15, -0.1) is 0 Å². The van der Waals surface area contributed by atoms with Crippen molar-refractivity contribution >= 4 is 0 Å². The Labute approximate surface area is 105 Å². The van der Waals surface area contributed by atoms with E-state index in [4.69, 9.17) is 10.5 Å². The maximum atomic E-state index is 12.2. The van der Waals surface area contributed by atoms with E-state index in [9.17, 15) is 13.2 Å². The third-order valence-electron chi connectivity index (χ3n) is 2.18. The topological polar surface area (TPSA) is 35.2 Å². The highest BCUT2D eigenvalue weighted by Gasteiger charge is 2.30. The van der Waals surface area contributed by atoms with Crippen LogP contribution in [0.4, 0.5) is 13.2 Å². The molecular formula is C13H18F3NO. The van der Waals surface area contributed by atoms with Crippen LogP contribution in [0.1, 0.15) is 38.8 Å². The largest absolute Gasteiger partial charge is 0.488 e. The highest BCUT2D eigenvalue weighted by atomic mass is 19.4. The van der Waals surface area contributed by atoms with Gasteiger partial charge in [0.1, 0.15) is 11.4 Å². The SMILES string of the molecule is CC(C)(C)Oc1ccc([C@@H](N)CC(F)(F)F)cc1. The molecular weight excluding hydrogens is 243 g/mol. The Morgan fingerprint density at radius 3 is 2.00 bits per heavy atom. The summed E-state index contributed by atoms with van der Waals surface area (Å²) in [5.74, 6) is 0.616. The van der Waals surface area contributed by atoms with Crippen LogP contribution in [0.5, 0.6) is 5.75 Å². The summed E-state index contributed by atoms with van der Waals surface area (Å²) in [5.41, 5.74) is 5.61. The zero-order valence-electron chi connectivity index (χ0n) is 10.7. The first-order valence-electron chi connectivity index (χ1n) is 5.68. The molecule has 1 atom stereocenters. The lowest BCUT2D eigenvalue weighted by molar-refractivity contribution is -0.138. The Balaban J connectivity index is 2.71. The number of nitrogens with two attached hydrogens (primary N) is 1. The quantitative estimate of drug-likeness (QED) is 0.897. The van der Waals surface area contributed by atoms with E-state index < -0.39 is 18.6 Å². The van der Waals surface area contributed by atoms with Gasteiger partial charge in [0, 0.05) is 6.04 Å². The van der Waals surface area contributed by atoms with Crippen molar-refractivity contribution in [2.45, 2.75) is 45.0 Å². The summed E-state index contributed by atoms with van der Waals surface area (Å²) in [7, 11) is 0. The molecule has 5 heteroatoms. The lowest BCUT2D eigenvalue weighted by Gasteiger charge is -2.22. The molecule has 1 aromatic carbocycles. The zero-order valence-corrected chi connectivity index (χ0v) is 10.7. The van der Waals surface area contributed by atoms with Crippen LogP contribution in [0.2, 0.25) is 0 Å². The molecule has 1 aromatic rings. The molecule has 0 heterocycles. The highest BCUT2D eigenvalue weighted by Crippen LogP contribution is 2.29. The smallest absolute Gasteiger partial charge is 0.390 e. The molecule has 1 rings (SSSR count). The van der Waals surface area contributed by atoms with Gasteiger partial charge in [0.05, 0.1) is 6.42 Å². The standard InChI is InChI=1S/C13H18F3NO/c1-12(2,3)18-10-6-4-9(5-7-10)11(17)8-13(14,15)16/h4-7,11H,8,17H2,1-3H3/t11-/m0/s1. The maximum Gasteiger partial charge on any atom is 0.390 e. The predicted molar refractivity (Wildman–Crippen MR) is 64.4 cm³/mol. The third-order valence-corrected chi connectivity index (χ3v) is 2.18. The van der Waals surface area contributed by atoms with Crippen molar-refractivity contribution in [3.05, 3.63) is 29.8 Å². The van der Waals surface area contributed by atoms with Crippen LogP contribution < -0.4 is 10.5 Å². The molecule has 0 aliphatic heterocycles. The fourth-order valence-electron chi connectivity index (χ4n) is 1.50. The van der Waals surface area contributed by atoms with Crippen molar-refractivity contribution in [3.8, 4) is 5.75 Å². The predicted octanol–water partition coefficient (Wildman–Crippen LogP) is 3.82. The second-order valence-corrected chi connectivity index (χ2v) is 5.21. The monoisotopic (exact) mass is 261 g/mol. The number of ether oxygens (including phenoxy) is 1. The van der Waals surface area contributed by atoms with Crippen LogP contribution in [0, 0.1) is 0 Å². The number of alkyl halides is 3. The maximum absolute atomic E-state index is 12.2. The van der Waals surface area contributed by atoms with E-state index in [0.717, 1.165) is 0 Å². The van der Waals surface area contributed by atoms with Gasteiger partial charge < -0.3 is 10.5 Å². The van der Waals surface area contributed by atoms with E-state index in [-0.39, 0.29) is 5.60 Å². The first-order valence-corrected chi connectivity index (χ1v) is 5.68. The summed E-state index contributed by atoms with van der Waals surface area (Å²) in [5, 5.41) is 0. The molecule has 0 aromatic heterocycles. The van der Waals surface area contributed by atoms with Crippen molar-refractivity contribution < 1.29 is 17.9 Å². The molecule has 2 nitrogen and oxygen atoms in total. The van der Waals surface area contributed by atoms with Crippen LogP contribution in [0.25, 0.3) is 0 Å². The molecule has 2 N–H and O–H groups in total. The van der Waals surface area contributed by atoms with Gasteiger partial charge in [-0.25, -0.2) is 0 Å². The van der Waals surface area contributed by atoms with E-state index >= 15 is 0 Å². The lowest BCUT2D eigenvalue weighted by Crippen LogP contribution is -2.23. The van der Waals surface area contributed by atoms with E-state index in [1.54, 1.807) is 24.3 Å². The van der Waals surface area contributed by atoms with E-state index in [1.165, 1.54) is 0 Å². The molecule has 18 heavy (non-hydrogen) atoms. The van der Waals surface area contributed by atoms with Crippen LogP contribution >= 0.6 is 0 Å². The number of hydrogen-bond acceptors (Lipinski definition) is 2. The average molecular weight is 261 g/mol. The molecule has 0 unspecified atom stereocenters. The van der Waals surface area contributed by atoms with E-state index in [0.29, 0.717) is 11.3 Å². The minimum Gasteiger partial charge on any atom is -0.488 e. The summed E-state index contributed by atoms with van der Waals surface area (Å²) in [6.07, 6.45) is -5.27. The van der Waals surface area contributed by atoms with Crippen LogP contribution in [-0.2, 0) is 0 Å². The van der Waals surface area contributed by atoms with Crippen LogP contribution in [0.15, 0.2) is 24.3 Å². The molecule has 0 radical (unpaired) electrons. The number of hydrogen-bond donors (Lipinski definition) is 1. The minimum absolute atomic E-state index is 0.338. The lowest BCUT2D eigenvalue weighted by atomic mass is 10.0. The fourth-order valence-corrected chi connectivity index (χ4v) is 1.50. The zero-order chi connectivity index (χ0) is 14.0. The number of halogens is 3. The van der Waals surface area contributed by atoms with Crippen molar-refractivity contribution in [3.63, 3.8) is 0 Å². The Bertz CT molecular complexity index is 379. The Morgan fingerprint density at radius 1 is 1.11 bits per heavy atom. The van der Waals surface area contributed by atoms with Gasteiger partial charge in [0.15, 0.2) is 0 Å². The van der Waals surface area contributed by atoms with Crippen molar-refractivity contribution in [2.75, 3.05) is 0 Å². The van der Waals surface area contributed by atoms with Gasteiger partial charge in [-0.1, -0.05) is 12.1 Å². The Morgan fingerprint density at radius 2 is 1.61 bits per heavy atom. The summed E-state index contributed by atoms with van der Waals surface area (Å²) >= 11 is 0. The van der Waals surface area contributed by atoms with Crippen molar-refractivity contribution in [1.29, 1.82) is 0 Å². The van der Waals surface area contributed by atoms with Gasteiger partial charge in [-0.05, 0) is 38.5 Å². The minimum atomic E-state index is -4.25. The molecule has 0 amide bonds. The summed E-state index contributed by atoms with van der Waals surface area (Å²) in [4.78, 5) is 0. The number of benzene rings is 1. The van der Waals surface area contributed by atoms with Gasteiger partial charge >= 0.3 is 6.18 Å². The molecule has 0 saturated carbocycles. The molecule has 0 spiro atoms. The molecule has 0 aliphatic carbocycles. The number of rotatable bonds is 3. The highest BCUT2D eigenvalue weighted by molar-refractivity contribution is 5.29. The third kappa shape index (κ3) is 5.40. The normalized spacial score (nSPS) is 14.4. The molecule has 0 saturated heterocycles. The van der Waals surface area contributed by atoms with Crippen LogP contribution in [-0.4, -0.2) is 11.8 Å². The van der Waals surface area contributed by atoms with Crippen molar-refractivity contribution in [2.24, 2.45) is 5.73 Å². The average Bonchev–Trinajstić information content (AvgIpc) is 2.13. The van der Waals surface area contributed by atoms with Crippen molar-refractivity contribution in [1.82, 2.24) is 0 Å². The summed E-state index contributed by atoms with van der Waals surface area (Å²) in [6, 6.07) is 5.37. The van der Waals surface area contributed by atoms with E-state index in [2.05, 4.69) is 0 Å².